The fourth-order valence-corrected chi connectivity index (χ4v) is 2.08. The third-order valence-electron chi connectivity index (χ3n) is 2.44. The number of ether oxygens (including phenoxy) is 1. The molecule has 0 saturated carbocycles. The molecule has 5 heteroatoms. The van der Waals surface area contributed by atoms with Gasteiger partial charge < -0.3 is 10.5 Å². The van der Waals surface area contributed by atoms with Crippen LogP contribution >= 0.6 is 15.9 Å². The Kier molecular flexibility index (Phi) is 3.68. The number of nitrogen functional groups attached to an aromatic ring is 1. The van der Waals surface area contributed by atoms with E-state index in [1.165, 1.54) is 0 Å². The van der Waals surface area contributed by atoms with Crippen LogP contribution in [0.4, 0.5) is 5.69 Å². The Labute approximate surface area is 109 Å². The molecule has 0 bridgehead atoms. The molecule has 1 aromatic carbocycles. The molecule has 17 heavy (non-hydrogen) atoms. The first-order chi connectivity index (χ1) is 8.15. The van der Waals surface area contributed by atoms with Crippen LogP contribution in [-0.2, 0) is 13.5 Å². The Bertz CT molecular complexity index is 490. The molecule has 0 amide bonds. The van der Waals surface area contributed by atoms with Crippen molar-refractivity contribution in [2.24, 2.45) is 7.05 Å². The highest BCUT2D eigenvalue weighted by Crippen LogP contribution is 2.22. The van der Waals surface area contributed by atoms with E-state index < -0.39 is 0 Å². The van der Waals surface area contributed by atoms with E-state index in [0.29, 0.717) is 12.3 Å². The lowest BCUT2D eigenvalue weighted by atomic mass is 10.3. The second kappa shape index (κ2) is 5.23. The maximum absolute atomic E-state index is 5.73. The standard InChI is InChI=1S/C12H14BrN3O/c1-16-11(2-4-15-16)3-5-17-12-7-9(13)6-10(14)8-12/h2,4,6-8H,3,5,14H2,1H3. The van der Waals surface area contributed by atoms with Crippen LogP contribution in [0.1, 0.15) is 5.69 Å². The normalized spacial score (nSPS) is 10.5. The topological polar surface area (TPSA) is 53.1 Å². The van der Waals surface area contributed by atoms with Crippen molar-refractivity contribution in [1.29, 1.82) is 0 Å². The van der Waals surface area contributed by atoms with E-state index >= 15 is 0 Å². The maximum atomic E-state index is 5.73. The van der Waals surface area contributed by atoms with Crippen molar-refractivity contribution < 1.29 is 4.74 Å². The average molecular weight is 296 g/mol. The molecule has 4 nitrogen and oxygen atoms in total. The van der Waals surface area contributed by atoms with Crippen molar-refractivity contribution in [3.05, 3.63) is 40.6 Å². The van der Waals surface area contributed by atoms with Crippen LogP contribution in [0.25, 0.3) is 0 Å². The van der Waals surface area contributed by atoms with Gasteiger partial charge in [0, 0.05) is 41.6 Å². The summed E-state index contributed by atoms with van der Waals surface area (Å²) in [5, 5.41) is 4.10. The Morgan fingerprint density at radius 2 is 2.24 bits per heavy atom. The minimum absolute atomic E-state index is 0.607. The molecule has 0 aliphatic heterocycles. The molecule has 2 rings (SSSR count). The number of aromatic nitrogens is 2. The molecule has 0 atom stereocenters. The zero-order chi connectivity index (χ0) is 12.3. The molecule has 0 saturated heterocycles. The van der Waals surface area contributed by atoms with Gasteiger partial charge in [0.05, 0.1) is 6.61 Å². The predicted octanol–water partition coefficient (Wildman–Crippen LogP) is 2.39. The molecule has 0 radical (unpaired) electrons. The van der Waals surface area contributed by atoms with Gasteiger partial charge in [-0.2, -0.15) is 5.10 Å². The lowest BCUT2D eigenvalue weighted by Crippen LogP contribution is -2.06. The van der Waals surface area contributed by atoms with Crippen molar-refractivity contribution in [2.45, 2.75) is 6.42 Å². The molecule has 2 N–H and O–H groups in total. The van der Waals surface area contributed by atoms with Crippen molar-refractivity contribution in [2.75, 3.05) is 12.3 Å². The SMILES string of the molecule is Cn1nccc1CCOc1cc(N)cc(Br)c1. The van der Waals surface area contributed by atoms with Crippen molar-refractivity contribution >= 4 is 21.6 Å². The lowest BCUT2D eigenvalue weighted by molar-refractivity contribution is 0.318. The van der Waals surface area contributed by atoms with E-state index in [4.69, 9.17) is 10.5 Å². The monoisotopic (exact) mass is 295 g/mol. The van der Waals surface area contributed by atoms with Crippen molar-refractivity contribution in [3.63, 3.8) is 0 Å². The Balaban J connectivity index is 1.92. The van der Waals surface area contributed by atoms with E-state index in [9.17, 15) is 0 Å². The van der Waals surface area contributed by atoms with Gasteiger partial charge in [0.15, 0.2) is 0 Å². The minimum Gasteiger partial charge on any atom is -0.493 e. The number of anilines is 1. The van der Waals surface area contributed by atoms with Crippen LogP contribution in [0.5, 0.6) is 5.75 Å². The first-order valence-electron chi connectivity index (χ1n) is 5.31. The van der Waals surface area contributed by atoms with Gasteiger partial charge in [0.1, 0.15) is 5.75 Å². The van der Waals surface area contributed by atoms with Gasteiger partial charge in [-0.05, 0) is 18.2 Å². The maximum Gasteiger partial charge on any atom is 0.122 e. The quantitative estimate of drug-likeness (QED) is 0.881. The second-order valence-electron chi connectivity index (χ2n) is 3.76. The van der Waals surface area contributed by atoms with Crippen molar-refractivity contribution in [3.8, 4) is 5.75 Å². The first-order valence-corrected chi connectivity index (χ1v) is 6.10. The molecule has 1 heterocycles. The largest absolute Gasteiger partial charge is 0.493 e. The number of aryl methyl sites for hydroxylation is 1. The van der Waals surface area contributed by atoms with Gasteiger partial charge in [-0.3, -0.25) is 4.68 Å². The predicted molar refractivity (Wildman–Crippen MR) is 71.0 cm³/mol. The summed E-state index contributed by atoms with van der Waals surface area (Å²) in [7, 11) is 1.92. The summed E-state index contributed by atoms with van der Waals surface area (Å²) in [6.45, 7) is 0.607. The molecular formula is C12H14BrN3O. The molecule has 0 fully saturated rings. The smallest absolute Gasteiger partial charge is 0.122 e. The Morgan fingerprint density at radius 1 is 1.41 bits per heavy atom. The summed E-state index contributed by atoms with van der Waals surface area (Å²) < 4.78 is 8.41. The fraction of sp³-hybridized carbons (Fsp3) is 0.250. The molecule has 0 unspecified atom stereocenters. The molecule has 0 aliphatic rings. The Hall–Kier alpha value is -1.49. The molecule has 1 aromatic heterocycles. The third kappa shape index (κ3) is 3.23. The van der Waals surface area contributed by atoms with Crippen molar-refractivity contribution in [1.82, 2.24) is 9.78 Å². The number of hydrogen-bond donors (Lipinski definition) is 1. The van der Waals surface area contributed by atoms with Gasteiger partial charge in [0.2, 0.25) is 0 Å². The van der Waals surface area contributed by atoms with Gasteiger partial charge >= 0.3 is 0 Å². The van der Waals surface area contributed by atoms with Crippen LogP contribution in [0.3, 0.4) is 0 Å². The highest BCUT2D eigenvalue weighted by molar-refractivity contribution is 9.10. The minimum atomic E-state index is 0.607. The van der Waals surface area contributed by atoms with Gasteiger partial charge in [-0.25, -0.2) is 0 Å². The summed E-state index contributed by atoms with van der Waals surface area (Å²) >= 11 is 3.38. The highest BCUT2D eigenvalue weighted by atomic mass is 79.9. The molecular weight excluding hydrogens is 282 g/mol. The number of benzene rings is 1. The van der Waals surface area contributed by atoms with Crippen LogP contribution in [0.15, 0.2) is 34.9 Å². The zero-order valence-electron chi connectivity index (χ0n) is 9.56. The summed E-state index contributed by atoms with van der Waals surface area (Å²) in [5.41, 5.74) is 7.56. The number of nitrogens with two attached hydrogens (primary N) is 1. The third-order valence-corrected chi connectivity index (χ3v) is 2.90. The van der Waals surface area contributed by atoms with Gasteiger partial charge in [-0.15, -0.1) is 0 Å². The van der Waals surface area contributed by atoms with E-state index in [2.05, 4.69) is 21.0 Å². The number of halogens is 1. The van der Waals surface area contributed by atoms with E-state index in [-0.39, 0.29) is 0 Å². The zero-order valence-corrected chi connectivity index (χ0v) is 11.1. The second-order valence-corrected chi connectivity index (χ2v) is 4.68. The molecule has 2 aromatic rings. The highest BCUT2D eigenvalue weighted by Gasteiger charge is 2.01. The average Bonchev–Trinajstić information content (AvgIpc) is 2.63. The summed E-state index contributed by atoms with van der Waals surface area (Å²) in [4.78, 5) is 0. The Morgan fingerprint density at radius 3 is 2.88 bits per heavy atom. The number of nitrogens with zero attached hydrogens (tertiary/aromatic N) is 2. The van der Waals surface area contributed by atoms with E-state index in [0.717, 1.165) is 22.3 Å². The number of hydrogen-bond acceptors (Lipinski definition) is 3. The van der Waals surface area contributed by atoms with Gasteiger partial charge in [-0.1, -0.05) is 15.9 Å². The first kappa shape index (κ1) is 12.0. The van der Waals surface area contributed by atoms with Crippen LogP contribution in [0, 0.1) is 0 Å². The summed E-state index contributed by atoms with van der Waals surface area (Å²) in [5.74, 6) is 0.777. The number of rotatable bonds is 4. The lowest BCUT2D eigenvalue weighted by Gasteiger charge is -2.07. The molecule has 0 spiro atoms. The van der Waals surface area contributed by atoms with Crippen LogP contribution in [0.2, 0.25) is 0 Å². The summed E-state index contributed by atoms with van der Waals surface area (Å²) in [6.07, 6.45) is 2.61. The summed E-state index contributed by atoms with van der Waals surface area (Å²) in [6, 6.07) is 7.54. The van der Waals surface area contributed by atoms with Crippen LogP contribution < -0.4 is 10.5 Å². The van der Waals surface area contributed by atoms with E-state index in [1.807, 2.05) is 36.0 Å². The molecule has 90 valence electrons. The molecule has 0 aliphatic carbocycles. The van der Waals surface area contributed by atoms with E-state index in [1.54, 1.807) is 6.20 Å². The fourth-order valence-electron chi connectivity index (χ4n) is 1.59. The van der Waals surface area contributed by atoms with Gasteiger partial charge in [0.25, 0.3) is 0 Å². The van der Waals surface area contributed by atoms with Crippen LogP contribution in [-0.4, -0.2) is 16.4 Å².